The smallest absolute Gasteiger partial charge is 0.229 e. The van der Waals surface area contributed by atoms with Crippen molar-refractivity contribution in [3.8, 4) is 0 Å². The maximum atomic E-state index is 11.9. The number of carbonyl (C=O) groups excluding carboxylic acids is 1. The number of carbonyl (C=O) groups is 1. The molecule has 1 amide bonds. The number of nitrogens with one attached hydrogen (secondary N) is 1. The molecule has 1 atom stereocenters. The number of hydrogen-bond donors (Lipinski definition) is 1. The summed E-state index contributed by atoms with van der Waals surface area (Å²) < 4.78 is 6.26. The van der Waals surface area contributed by atoms with Crippen LogP contribution < -0.4 is 5.32 Å². The molecule has 1 aliphatic rings. The second-order valence-corrected chi connectivity index (χ2v) is 4.83. The van der Waals surface area contributed by atoms with E-state index in [1.807, 2.05) is 24.3 Å². The minimum Gasteiger partial charge on any atom is -0.381 e. The van der Waals surface area contributed by atoms with E-state index in [0.717, 1.165) is 29.6 Å². The molecule has 1 N–H and O–H groups in total. The molecule has 1 saturated heterocycles. The molecule has 0 bridgehead atoms. The van der Waals surface area contributed by atoms with Crippen molar-refractivity contribution in [1.82, 2.24) is 0 Å². The van der Waals surface area contributed by atoms with Crippen molar-refractivity contribution >= 4 is 27.5 Å². The summed E-state index contributed by atoms with van der Waals surface area (Å²) in [5, 5.41) is 2.90. The first kappa shape index (κ1) is 11.6. The molecule has 1 fully saturated rings. The Morgan fingerprint density at radius 2 is 2.38 bits per heavy atom. The van der Waals surface area contributed by atoms with E-state index in [2.05, 4.69) is 21.2 Å². The number of ether oxygens (including phenoxy) is 1. The Morgan fingerprint density at radius 3 is 3.06 bits per heavy atom. The van der Waals surface area contributed by atoms with Gasteiger partial charge in [-0.2, -0.15) is 0 Å². The lowest BCUT2D eigenvalue weighted by Gasteiger charge is -2.21. The average Bonchev–Trinajstić information content (AvgIpc) is 2.30. The zero-order valence-corrected chi connectivity index (χ0v) is 10.5. The molecule has 1 aromatic carbocycles. The fourth-order valence-electron chi connectivity index (χ4n) is 1.76. The highest BCUT2D eigenvalue weighted by atomic mass is 79.9. The molecule has 4 heteroatoms. The highest BCUT2D eigenvalue weighted by molar-refractivity contribution is 9.10. The van der Waals surface area contributed by atoms with Crippen LogP contribution in [0.5, 0.6) is 0 Å². The van der Waals surface area contributed by atoms with Gasteiger partial charge in [-0.15, -0.1) is 0 Å². The first-order chi connectivity index (χ1) is 7.75. The molecule has 0 aliphatic carbocycles. The van der Waals surface area contributed by atoms with Crippen LogP contribution in [0.1, 0.15) is 12.8 Å². The van der Waals surface area contributed by atoms with E-state index in [4.69, 9.17) is 4.74 Å². The molecule has 0 radical (unpaired) electrons. The monoisotopic (exact) mass is 283 g/mol. The zero-order valence-electron chi connectivity index (χ0n) is 8.91. The maximum Gasteiger partial charge on any atom is 0.229 e. The lowest BCUT2D eigenvalue weighted by Crippen LogP contribution is -2.30. The van der Waals surface area contributed by atoms with E-state index in [0.29, 0.717) is 6.61 Å². The number of rotatable bonds is 2. The van der Waals surface area contributed by atoms with Crippen LogP contribution in [0.25, 0.3) is 0 Å². The topological polar surface area (TPSA) is 38.3 Å². The molecule has 16 heavy (non-hydrogen) atoms. The normalized spacial score (nSPS) is 20.4. The van der Waals surface area contributed by atoms with Gasteiger partial charge >= 0.3 is 0 Å². The summed E-state index contributed by atoms with van der Waals surface area (Å²) >= 11 is 3.37. The van der Waals surface area contributed by atoms with Crippen molar-refractivity contribution in [1.29, 1.82) is 0 Å². The predicted octanol–water partition coefficient (Wildman–Crippen LogP) is 2.81. The quantitative estimate of drug-likeness (QED) is 0.907. The van der Waals surface area contributed by atoms with E-state index < -0.39 is 0 Å². The van der Waals surface area contributed by atoms with Crippen LogP contribution in [0.15, 0.2) is 28.7 Å². The first-order valence-corrected chi connectivity index (χ1v) is 6.19. The summed E-state index contributed by atoms with van der Waals surface area (Å²) in [4.78, 5) is 11.9. The Labute approximate surface area is 103 Å². The van der Waals surface area contributed by atoms with Gasteiger partial charge in [-0.3, -0.25) is 4.79 Å². The Morgan fingerprint density at radius 1 is 1.50 bits per heavy atom. The first-order valence-electron chi connectivity index (χ1n) is 5.40. The Hall–Kier alpha value is -0.870. The zero-order chi connectivity index (χ0) is 11.4. The number of hydrogen-bond acceptors (Lipinski definition) is 2. The number of anilines is 1. The lowest BCUT2D eigenvalue weighted by molar-refractivity contribution is -0.123. The molecular weight excluding hydrogens is 270 g/mol. The fourth-order valence-corrected chi connectivity index (χ4v) is 2.16. The van der Waals surface area contributed by atoms with Gasteiger partial charge in [0, 0.05) is 16.8 Å². The van der Waals surface area contributed by atoms with Crippen molar-refractivity contribution in [2.24, 2.45) is 5.92 Å². The van der Waals surface area contributed by atoms with E-state index >= 15 is 0 Å². The minimum atomic E-state index is -0.00673. The van der Waals surface area contributed by atoms with Gasteiger partial charge in [0.2, 0.25) is 5.91 Å². The molecule has 1 aliphatic heterocycles. The third-order valence-corrected chi connectivity index (χ3v) is 3.12. The maximum absolute atomic E-state index is 11.9. The molecule has 0 saturated carbocycles. The largest absolute Gasteiger partial charge is 0.381 e. The van der Waals surface area contributed by atoms with Gasteiger partial charge < -0.3 is 10.1 Å². The molecule has 0 aromatic heterocycles. The second-order valence-electron chi connectivity index (χ2n) is 3.91. The third-order valence-electron chi connectivity index (χ3n) is 2.62. The van der Waals surface area contributed by atoms with Crippen LogP contribution >= 0.6 is 15.9 Å². The van der Waals surface area contributed by atoms with Crippen LogP contribution in [-0.2, 0) is 9.53 Å². The summed E-state index contributed by atoms with van der Waals surface area (Å²) in [6.07, 6.45) is 1.89. The van der Waals surface area contributed by atoms with Gasteiger partial charge in [0.15, 0.2) is 0 Å². The van der Waals surface area contributed by atoms with Crippen molar-refractivity contribution in [2.45, 2.75) is 12.8 Å². The molecular formula is C12H14BrNO2. The van der Waals surface area contributed by atoms with Gasteiger partial charge in [-0.25, -0.2) is 0 Å². The van der Waals surface area contributed by atoms with Crippen molar-refractivity contribution < 1.29 is 9.53 Å². The molecule has 1 aromatic rings. The number of amides is 1. The summed E-state index contributed by atoms with van der Waals surface area (Å²) in [7, 11) is 0. The fraction of sp³-hybridized carbons (Fsp3) is 0.417. The molecule has 0 spiro atoms. The Kier molecular flexibility index (Phi) is 3.96. The lowest BCUT2D eigenvalue weighted by atomic mass is 10.0. The van der Waals surface area contributed by atoms with Crippen LogP contribution in [0, 0.1) is 5.92 Å². The van der Waals surface area contributed by atoms with Gasteiger partial charge in [0.05, 0.1) is 12.5 Å². The molecule has 3 nitrogen and oxygen atoms in total. The minimum absolute atomic E-state index is 0.00673. The standard InChI is InChI=1S/C12H14BrNO2/c13-10-4-1-5-11(7-10)14-12(15)9-3-2-6-16-8-9/h1,4-5,7,9H,2-3,6,8H2,(H,14,15). The van der Waals surface area contributed by atoms with Crippen LogP contribution in [0.2, 0.25) is 0 Å². The number of halogens is 1. The third kappa shape index (κ3) is 3.06. The molecule has 2 rings (SSSR count). The average molecular weight is 284 g/mol. The summed E-state index contributed by atoms with van der Waals surface area (Å²) in [5.41, 5.74) is 0.824. The summed E-state index contributed by atoms with van der Waals surface area (Å²) in [5.74, 6) is 0.0468. The van der Waals surface area contributed by atoms with E-state index in [9.17, 15) is 4.79 Å². The van der Waals surface area contributed by atoms with Crippen LogP contribution in [0.4, 0.5) is 5.69 Å². The van der Waals surface area contributed by atoms with Gasteiger partial charge in [-0.1, -0.05) is 22.0 Å². The highest BCUT2D eigenvalue weighted by Crippen LogP contribution is 2.19. The van der Waals surface area contributed by atoms with Crippen molar-refractivity contribution in [3.05, 3.63) is 28.7 Å². The number of benzene rings is 1. The van der Waals surface area contributed by atoms with Gasteiger partial charge in [-0.05, 0) is 31.0 Å². The van der Waals surface area contributed by atoms with Crippen LogP contribution in [-0.4, -0.2) is 19.1 Å². The van der Waals surface area contributed by atoms with Gasteiger partial charge in [0.1, 0.15) is 0 Å². The Balaban J connectivity index is 1.96. The van der Waals surface area contributed by atoms with E-state index in [1.54, 1.807) is 0 Å². The SMILES string of the molecule is O=C(Nc1cccc(Br)c1)C1CCCOC1. The van der Waals surface area contributed by atoms with Crippen molar-refractivity contribution in [2.75, 3.05) is 18.5 Å². The molecule has 1 unspecified atom stereocenters. The second kappa shape index (κ2) is 5.46. The van der Waals surface area contributed by atoms with Crippen molar-refractivity contribution in [3.63, 3.8) is 0 Å². The van der Waals surface area contributed by atoms with Gasteiger partial charge in [0.25, 0.3) is 0 Å². The molecule has 1 heterocycles. The summed E-state index contributed by atoms with van der Waals surface area (Å²) in [6.45, 7) is 1.32. The highest BCUT2D eigenvalue weighted by Gasteiger charge is 2.21. The Bertz CT molecular complexity index is 375. The summed E-state index contributed by atoms with van der Waals surface area (Å²) in [6, 6.07) is 7.60. The van der Waals surface area contributed by atoms with E-state index in [-0.39, 0.29) is 11.8 Å². The van der Waals surface area contributed by atoms with Crippen LogP contribution in [0.3, 0.4) is 0 Å². The predicted molar refractivity (Wildman–Crippen MR) is 66.3 cm³/mol. The van der Waals surface area contributed by atoms with E-state index in [1.165, 1.54) is 0 Å². The molecule has 86 valence electrons.